The molecule has 1 heterocycles. The van der Waals surface area contributed by atoms with E-state index >= 15 is 0 Å². The van der Waals surface area contributed by atoms with Gasteiger partial charge in [0.25, 0.3) is 0 Å². The normalized spacial score (nSPS) is 10.5. The van der Waals surface area contributed by atoms with Crippen molar-refractivity contribution in [2.45, 2.75) is 13.1 Å². The number of methoxy groups -OCH3 is 1. The molecular formula is C14H15Cl2N2O+. The largest absolute Gasteiger partial charge is 0.495 e. The summed E-state index contributed by atoms with van der Waals surface area (Å²) in [6, 6.07) is 7.57. The predicted molar refractivity (Wildman–Crippen MR) is 76.6 cm³/mol. The molecule has 5 heteroatoms. The van der Waals surface area contributed by atoms with E-state index < -0.39 is 0 Å². The number of ether oxygens (including phenoxy) is 1. The van der Waals surface area contributed by atoms with Crippen LogP contribution in [-0.4, -0.2) is 12.1 Å². The Bertz CT molecular complexity index is 547. The van der Waals surface area contributed by atoms with Crippen LogP contribution < -0.4 is 10.1 Å². The van der Waals surface area contributed by atoms with Crippen molar-refractivity contribution < 1.29 is 10.1 Å². The van der Waals surface area contributed by atoms with E-state index in [2.05, 4.69) is 10.3 Å². The molecule has 0 saturated heterocycles. The first-order valence-corrected chi connectivity index (χ1v) is 6.68. The molecule has 2 N–H and O–H groups in total. The van der Waals surface area contributed by atoms with E-state index in [1.807, 2.05) is 18.2 Å². The summed E-state index contributed by atoms with van der Waals surface area (Å²) in [5.74, 6) is 0.692. The Morgan fingerprint density at radius 3 is 2.58 bits per heavy atom. The molecule has 0 fully saturated rings. The molecule has 0 aliphatic heterocycles. The number of benzene rings is 1. The smallest absolute Gasteiger partial charge is 0.146 e. The average Bonchev–Trinajstić information content (AvgIpc) is 2.39. The second kappa shape index (κ2) is 6.75. The summed E-state index contributed by atoms with van der Waals surface area (Å²) >= 11 is 12.1. The summed E-state index contributed by atoms with van der Waals surface area (Å²) < 4.78 is 5.31. The van der Waals surface area contributed by atoms with Crippen LogP contribution in [0.3, 0.4) is 0 Å². The number of pyridine rings is 1. The van der Waals surface area contributed by atoms with Gasteiger partial charge in [-0.3, -0.25) is 4.98 Å². The minimum atomic E-state index is 0.544. The monoisotopic (exact) mass is 297 g/mol. The highest BCUT2D eigenvalue weighted by Crippen LogP contribution is 2.31. The number of aromatic nitrogens is 1. The fourth-order valence-corrected chi connectivity index (χ4v) is 2.52. The van der Waals surface area contributed by atoms with Gasteiger partial charge in [-0.2, -0.15) is 0 Å². The van der Waals surface area contributed by atoms with Crippen molar-refractivity contribution in [3.05, 3.63) is 57.8 Å². The molecule has 2 rings (SSSR count). The molecule has 3 nitrogen and oxygen atoms in total. The number of hydrogen-bond acceptors (Lipinski definition) is 2. The Hall–Kier alpha value is -1.29. The molecule has 1 aromatic carbocycles. The Morgan fingerprint density at radius 1 is 1.16 bits per heavy atom. The zero-order chi connectivity index (χ0) is 13.7. The number of rotatable bonds is 5. The highest BCUT2D eigenvalue weighted by Gasteiger charge is 2.11. The van der Waals surface area contributed by atoms with Gasteiger partial charge in [-0.05, 0) is 24.3 Å². The molecule has 0 unspecified atom stereocenters. The summed E-state index contributed by atoms with van der Waals surface area (Å²) in [6.45, 7) is 1.63. The first kappa shape index (κ1) is 14.1. The number of nitrogens with two attached hydrogens (primary N) is 1. The summed E-state index contributed by atoms with van der Waals surface area (Å²) in [4.78, 5) is 3.99. The molecule has 0 atom stereocenters. The van der Waals surface area contributed by atoms with Crippen LogP contribution >= 0.6 is 23.2 Å². The minimum absolute atomic E-state index is 0.544. The SMILES string of the molecule is COc1c(Cl)cc(Cl)cc1C[NH2+]Cc1ccncc1. The van der Waals surface area contributed by atoms with Gasteiger partial charge < -0.3 is 10.1 Å². The van der Waals surface area contributed by atoms with Crippen molar-refractivity contribution in [2.75, 3.05) is 7.11 Å². The summed E-state index contributed by atoms with van der Waals surface area (Å²) in [5.41, 5.74) is 2.22. The molecule has 0 radical (unpaired) electrons. The average molecular weight is 298 g/mol. The molecule has 19 heavy (non-hydrogen) atoms. The topological polar surface area (TPSA) is 38.7 Å². The van der Waals surface area contributed by atoms with Crippen LogP contribution in [0.25, 0.3) is 0 Å². The molecule has 1 aromatic heterocycles. The van der Waals surface area contributed by atoms with Gasteiger partial charge in [0, 0.05) is 23.0 Å². The number of nitrogens with zero attached hydrogens (tertiary/aromatic N) is 1. The summed E-state index contributed by atoms with van der Waals surface area (Å²) in [7, 11) is 1.61. The lowest BCUT2D eigenvalue weighted by Crippen LogP contribution is -2.80. The van der Waals surface area contributed by atoms with Gasteiger partial charge in [0.05, 0.1) is 17.7 Å². The Morgan fingerprint density at radius 2 is 1.89 bits per heavy atom. The van der Waals surface area contributed by atoms with Gasteiger partial charge in [-0.15, -0.1) is 0 Å². The Kier molecular flexibility index (Phi) is 5.02. The van der Waals surface area contributed by atoms with Crippen molar-refractivity contribution in [1.82, 2.24) is 4.98 Å². The van der Waals surface area contributed by atoms with E-state index in [9.17, 15) is 0 Å². The minimum Gasteiger partial charge on any atom is -0.495 e. The van der Waals surface area contributed by atoms with Crippen LogP contribution in [-0.2, 0) is 13.1 Å². The fraction of sp³-hybridized carbons (Fsp3) is 0.214. The third-order valence-electron chi connectivity index (χ3n) is 2.78. The lowest BCUT2D eigenvalue weighted by molar-refractivity contribution is -0.686. The third-order valence-corrected chi connectivity index (χ3v) is 3.28. The van der Waals surface area contributed by atoms with E-state index in [4.69, 9.17) is 27.9 Å². The van der Waals surface area contributed by atoms with E-state index in [1.54, 1.807) is 25.6 Å². The predicted octanol–water partition coefficient (Wildman–Crippen LogP) is 2.66. The molecule has 2 aromatic rings. The lowest BCUT2D eigenvalue weighted by Gasteiger charge is -2.10. The van der Waals surface area contributed by atoms with Crippen molar-refractivity contribution in [1.29, 1.82) is 0 Å². The van der Waals surface area contributed by atoms with E-state index in [-0.39, 0.29) is 0 Å². The van der Waals surface area contributed by atoms with Crippen LogP contribution in [0, 0.1) is 0 Å². The van der Waals surface area contributed by atoms with Crippen molar-refractivity contribution >= 4 is 23.2 Å². The molecule has 0 aliphatic rings. The summed E-state index contributed by atoms with van der Waals surface area (Å²) in [6.07, 6.45) is 3.58. The van der Waals surface area contributed by atoms with Crippen LogP contribution in [0.2, 0.25) is 10.0 Å². The lowest BCUT2D eigenvalue weighted by atomic mass is 10.2. The van der Waals surface area contributed by atoms with Crippen LogP contribution in [0.4, 0.5) is 0 Å². The maximum Gasteiger partial charge on any atom is 0.146 e. The van der Waals surface area contributed by atoms with Gasteiger partial charge >= 0.3 is 0 Å². The zero-order valence-corrected chi connectivity index (χ0v) is 12.1. The highest BCUT2D eigenvalue weighted by molar-refractivity contribution is 6.35. The molecule has 0 amide bonds. The summed E-state index contributed by atoms with van der Waals surface area (Å²) in [5, 5.41) is 3.33. The molecule has 0 bridgehead atoms. The maximum absolute atomic E-state index is 6.10. The van der Waals surface area contributed by atoms with E-state index in [0.717, 1.165) is 18.7 Å². The number of quaternary nitrogens is 1. The highest BCUT2D eigenvalue weighted by atomic mass is 35.5. The van der Waals surface area contributed by atoms with Crippen molar-refractivity contribution in [3.8, 4) is 5.75 Å². The van der Waals surface area contributed by atoms with E-state index in [0.29, 0.717) is 15.8 Å². The van der Waals surface area contributed by atoms with Gasteiger partial charge in [0.2, 0.25) is 0 Å². The second-order valence-corrected chi connectivity index (χ2v) is 4.98. The quantitative estimate of drug-likeness (QED) is 0.921. The molecule has 100 valence electrons. The molecule has 0 saturated carbocycles. The number of hydrogen-bond donors (Lipinski definition) is 1. The fourth-order valence-electron chi connectivity index (χ4n) is 1.91. The second-order valence-electron chi connectivity index (χ2n) is 4.13. The third kappa shape index (κ3) is 3.83. The van der Waals surface area contributed by atoms with Crippen molar-refractivity contribution in [2.24, 2.45) is 0 Å². The van der Waals surface area contributed by atoms with Crippen LogP contribution in [0.15, 0.2) is 36.7 Å². The Balaban J connectivity index is 2.03. The van der Waals surface area contributed by atoms with Gasteiger partial charge in [0.15, 0.2) is 0 Å². The molecule has 0 aliphatic carbocycles. The first-order valence-electron chi connectivity index (χ1n) is 5.93. The van der Waals surface area contributed by atoms with Gasteiger partial charge in [-0.25, -0.2) is 0 Å². The Labute approximate surface area is 122 Å². The van der Waals surface area contributed by atoms with Gasteiger partial charge in [0.1, 0.15) is 18.8 Å². The van der Waals surface area contributed by atoms with Crippen molar-refractivity contribution in [3.63, 3.8) is 0 Å². The zero-order valence-electron chi connectivity index (χ0n) is 10.6. The first-order chi connectivity index (χ1) is 9.20. The number of halogens is 2. The van der Waals surface area contributed by atoms with Crippen LogP contribution in [0.1, 0.15) is 11.1 Å². The molecular weight excluding hydrogens is 283 g/mol. The maximum atomic E-state index is 6.10. The molecule has 0 spiro atoms. The van der Waals surface area contributed by atoms with Crippen LogP contribution in [0.5, 0.6) is 5.75 Å². The van der Waals surface area contributed by atoms with Gasteiger partial charge in [-0.1, -0.05) is 23.2 Å². The van der Waals surface area contributed by atoms with E-state index in [1.165, 1.54) is 5.56 Å². The standard InChI is InChI=1S/C14H14Cl2N2O/c1-19-14-11(6-12(15)7-13(14)16)9-18-8-10-2-4-17-5-3-10/h2-7,18H,8-9H2,1H3/p+1.